The zero-order valence-electron chi connectivity index (χ0n) is 17.9. The minimum absolute atomic E-state index is 0.0658. The maximum Gasteiger partial charge on any atom is 0.271 e. The Morgan fingerprint density at radius 2 is 1.36 bits per heavy atom. The average molecular weight is 479 g/mol. The fourth-order valence-corrected chi connectivity index (χ4v) is 5.33. The summed E-state index contributed by atoms with van der Waals surface area (Å²) in [6.45, 7) is 0. The van der Waals surface area contributed by atoms with E-state index in [0.29, 0.717) is 15.6 Å². The Balaban J connectivity index is 1.52. The van der Waals surface area contributed by atoms with Crippen molar-refractivity contribution >= 4 is 34.8 Å². The van der Waals surface area contributed by atoms with Crippen LogP contribution in [-0.4, -0.2) is 16.6 Å². The number of hydrogen-bond acceptors (Lipinski definition) is 4. The number of hydrogen-bond donors (Lipinski definition) is 2. The molecule has 4 atom stereocenters. The van der Waals surface area contributed by atoms with Crippen molar-refractivity contribution < 1.29 is 4.79 Å². The number of aromatic nitrogens is 1. The zero-order chi connectivity index (χ0) is 22.8. The summed E-state index contributed by atoms with van der Waals surface area (Å²) in [4.78, 5) is 16.7. The molecule has 168 valence electrons. The number of rotatable bonds is 4. The lowest BCUT2D eigenvalue weighted by Crippen LogP contribution is -2.51. The van der Waals surface area contributed by atoms with E-state index in [1.807, 2.05) is 24.3 Å². The van der Waals surface area contributed by atoms with Gasteiger partial charge in [0.1, 0.15) is 0 Å². The summed E-state index contributed by atoms with van der Waals surface area (Å²) in [6, 6.07) is 19.5. The predicted octanol–water partition coefficient (Wildman–Crippen LogP) is 5.98. The standard InChI is InChI=1S/C26H24Cl2N4O/c27-19-8-4-16(5-9-19)23-21-2-1-3-22(24(30-23)17-6-10-20(28)11-7-17)25(21)31-32-26(33)18-12-14-29-15-13-18/h4-15,21-24,30H,1-3H2,(H,32,33)/t21-,22+,23+,24-. The van der Waals surface area contributed by atoms with Gasteiger partial charge in [-0.2, -0.15) is 5.10 Å². The molecule has 0 spiro atoms. The number of fused-ring (bicyclic) bond motifs is 2. The van der Waals surface area contributed by atoms with Gasteiger partial charge in [-0.1, -0.05) is 53.9 Å². The molecule has 2 bridgehead atoms. The van der Waals surface area contributed by atoms with Crippen LogP contribution in [0.4, 0.5) is 0 Å². The Kier molecular flexibility index (Phi) is 6.45. The van der Waals surface area contributed by atoms with Crippen molar-refractivity contribution in [2.24, 2.45) is 16.9 Å². The summed E-state index contributed by atoms with van der Waals surface area (Å²) in [5, 5.41) is 10.0. The molecule has 5 rings (SSSR count). The molecule has 1 saturated carbocycles. The molecule has 3 aromatic rings. The van der Waals surface area contributed by atoms with Gasteiger partial charge in [0, 0.05) is 57.6 Å². The van der Waals surface area contributed by atoms with Crippen LogP contribution in [0.2, 0.25) is 10.0 Å². The molecule has 5 nitrogen and oxygen atoms in total. The van der Waals surface area contributed by atoms with Gasteiger partial charge in [0.05, 0.1) is 0 Å². The van der Waals surface area contributed by atoms with Crippen molar-refractivity contribution in [2.45, 2.75) is 31.3 Å². The van der Waals surface area contributed by atoms with E-state index in [1.54, 1.807) is 24.5 Å². The number of amides is 1. The van der Waals surface area contributed by atoms with E-state index in [-0.39, 0.29) is 29.8 Å². The zero-order valence-corrected chi connectivity index (χ0v) is 19.4. The first-order valence-electron chi connectivity index (χ1n) is 11.1. The smallest absolute Gasteiger partial charge is 0.271 e. The first kappa shape index (κ1) is 22.1. The number of carbonyl (C=O) groups is 1. The number of nitrogens with zero attached hydrogens (tertiary/aromatic N) is 2. The van der Waals surface area contributed by atoms with Gasteiger partial charge in [-0.05, 0) is 60.4 Å². The van der Waals surface area contributed by atoms with Gasteiger partial charge in [0.25, 0.3) is 5.91 Å². The van der Waals surface area contributed by atoms with Crippen LogP contribution >= 0.6 is 23.2 Å². The molecule has 2 fully saturated rings. The van der Waals surface area contributed by atoms with Crippen molar-refractivity contribution in [2.75, 3.05) is 0 Å². The molecule has 1 aliphatic carbocycles. The number of benzene rings is 2. The van der Waals surface area contributed by atoms with Gasteiger partial charge >= 0.3 is 0 Å². The second-order valence-electron chi connectivity index (χ2n) is 8.58. The molecule has 2 aliphatic rings. The summed E-state index contributed by atoms with van der Waals surface area (Å²) >= 11 is 12.3. The molecule has 2 aromatic carbocycles. The highest BCUT2D eigenvalue weighted by atomic mass is 35.5. The maximum atomic E-state index is 12.7. The van der Waals surface area contributed by atoms with Crippen LogP contribution in [-0.2, 0) is 0 Å². The molecule has 7 heteroatoms. The second kappa shape index (κ2) is 9.64. The third-order valence-corrected chi connectivity index (χ3v) is 7.15. The van der Waals surface area contributed by atoms with E-state index < -0.39 is 0 Å². The second-order valence-corrected chi connectivity index (χ2v) is 9.46. The van der Waals surface area contributed by atoms with Crippen molar-refractivity contribution in [3.63, 3.8) is 0 Å². The normalized spacial score (nSPS) is 25.6. The third kappa shape index (κ3) is 4.67. The largest absolute Gasteiger partial charge is 0.302 e. The first-order valence-corrected chi connectivity index (χ1v) is 11.9. The fraction of sp³-hybridized carbons (Fsp3) is 0.269. The average Bonchev–Trinajstić information content (AvgIpc) is 2.84. The molecule has 0 radical (unpaired) electrons. The van der Waals surface area contributed by atoms with E-state index in [1.165, 1.54) is 0 Å². The van der Waals surface area contributed by atoms with Gasteiger partial charge < -0.3 is 5.32 Å². The number of pyridine rings is 1. The van der Waals surface area contributed by atoms with Crippen LogP contribution in [0.15, 0.2) is 78.2 Å². The minimum Gasteiger partial charge on any atom is -0.302 e. The van der Waals surface area contributed by atoms with Crippen LogP contribution < -0.4 is 10.7 Å². The fourth-order valence-electron chi connectivity index (χ4n) is 5.08. The van der Waals surface area contributed by atoms with Gasteiger partial charge in [-0.15, -0.1) is 0 Å². The summed E-state index contributed by atoms with van der Waals surface area (Å²) in [7, 11) is 0. The highest BCUT2D eigenvalue weighted by molar-refractivity contribution is 6.30. The number of carbonyl (C=O) groups excluding carboxylic acids is 1. The third-order valence-electron chi connectivity index (χ3n) is 6.64. The van der Waals surface area contributed by atoms with Gasteiger partial charge in [0.15, 0.2) is 0 Å². The van der Waals surface area contributed by atoms with E-state index in [2.05, 4.69) is 40.0 Å². The van der Waals surface area contributed by atoms with Crippen LogP contribution in [0.5, 0.6) is 0 Å². The van der Waals surface area contributed by atoms with Gasteiger partial charge in [-0.25, -0.2) is 5.43 Å². The lowest BCUT2D eigenvalue weighted by molar-refractivity contribution is 0.0953. The number of hydrazone groups is 1. The topological polar surface area (TPSA) is 66.4 Å². The van der Waals surface area contributed by atoms with Crippen molar-refractivity contribution in [3.8, 4) is 0 Å². The number of nitrogens with one attached hydrogen (secondary N) is 2. The molecular weight excluding hydrogens is 455 g/mol. The van der Waals surface area contributed by atoms with Crippen molar-refractivity contribution in [3.05, 3.63) is 99.8 Å². The Labute approximate surface area is 203 Å². The Hall–Kier alpha value is -2.73. The van der Waals surface area contributed by atoms with E-state index in [9.17, 15) is 4.79 Å². The van der Waals surface area contributed by atoms with Crippen LogP contribution in [0.25, 0.3) is 0 Å². The summed E-state index contributed by atoms with van der Waals surface area (Å²) in [6.07, 6.45) is 6.34. The van der Waals surface area contributed by atoms with E-state index in [4.69, 9.17) is 28.3 Å². The SMILES string of the molecule is O=C(NN=C1[C@H]2CCC[C@@H]1[C@H](c1ccc(Cl)cc1)N[C@@H]2c1ccc(Cl)cc1)c1ccncc1. The molecule has 1 amide bonds. The van der Waals surface area contributed by atoms with Crippen molar-refractivity contribution in [1.29, 1.82) is 0 Å². The van der Waals surface area contributed by atoms with Crippen LogP contribution in [0.1, 0.15) is 52.8 Å². The maximum absolute atomic E-state index is 12.7. The molecule has 0 unspecified atom stereocenters. The monoisotopic (exact) mass is 478 g/mol. The Morgan fingerprint density at radius 3 is 1.88 bits per heavy atom. The molecule has 2 heterocycles. The molecule has 33 heavy (non-hydrogen) atoms. The Morgan fingerprint density at radius 1 is 0.848 bits per heavy atom. The molecule has 1 saturated heterocycles. The lowest BCUT2D eigenvalue weighted by Gasteiger charge is -2.47. The summed E-state index contributed by atoms with van der Waals surface area (Å²) in [5.74, 6) is 0.144. The summed E-state index contributed by atoms with van der Waals surface area (Å²) < 4.78 is 0. The molecule has 1 aliphatic heterocycles. The first-order chi connectivity index (χ1) is 16.1. The van der Waals surface area contributed by atoms with Gasteiger partial charge in [0.2, 0.25) is 0 Å². The number of piperidine rings is 1. The highest BCUT2D eigenvalue weighted by Gasteiger charge is 2.45. The van der Waals surface area contributed by atoms with Crippen LogP contribution in [0, 0.1) is 11.8 Å². The molecular formula is C26H24Cl2N4O. The quantitative estimate of drug-likeness (QED) is 0.453. The lowest BCUT2D eigenvalue weighted by atomic mass is 9.67. The Bertz CT molecular complexity index is 1090. The summed E-state index contributed by atoms with van der Waals surface area (Å²) in [5.41, 5.74) is 6.72. The predicted molar refractivity (Wildman–Crippen MR) is 131 cm³/mol. The molecule has 1 aromatic heterocycles. The highest BCUT2D eigenvalue weighted by Crippen LogP contribution is 2.46. The van der Waals surface area contributed by atoms with E-state index in [0.717, 1.165) is 36.1 Å². The van der Waals surface area contributed by atoms with Crippen molar-refractivity contribution in [1.82, 2.24) is 15.7 Å². The number of halogens is 2. The van der Waals surface area contributed by atoms with E-state index >= 15 is 0 Å². The van der Waals surface area contributed by atoms with Crippen LogP contribution in [0.3, 0.4) is 0 Å². The van der Waals surface area contributed by atoms with Gasteiger partial charge in [-0.3, -0.25) is 9.78 Å². The minimum atomic E-state index is -0.229. The molecule has 2 N–H and O–H groups in total.